The van der Waals surface area contributed by atoms with E-state index in [2.05, 4.69) is 60.4 Å². The average Bonchev–Trinajstić information content (AvgIpc) is 2.46. The number of rotatable bonds is 5. The van der Waals surface area contributed by atoms with Crippen molar-refractivity contribution in [1.82, 2.24) is 0 Å². The minimum atomic E-state index is 0.104. The molecule has 0 radical (unpaired) electrons. The van der Waals surface area contributed by atoms with Gasteiger partial charge in [-0.3, -0.25) is 0 Å². The first-order valence-electron chi connectivity index (χ1n) is 6.04. The Labute approximate surface area is 124 Å². The summed E-state index contributed by atoms with van der Waals surface area (Å²) in [5.41, 5.74) is 1.26. The molecule has 1 nitrogen and oxygen atoms in total. The van der Waals surface area contributed by atoms with Crippen LogP contribution >= 0.6 is 11.8 Å². The van der Waals surface area contributed by atoms with Crippen LogP contribution < -0.4 is 4.46 Å². The first-order valence-corrected chi connectivity index (χ1v) is 8.70. The molecule has 0 amide bonds. The van der Waals surface area contributed by atoms with E-state index < -0.39 is 0 Å². The van der Waals surface area contributed by atoms with E-state index in [9.17, 15) is 5.11 Å². The van der Waals surface area contributed by atoms with E-state index in [4.69, 9.17) is 0 Å². The van der Waals surface area contributed by atoms with Gasteiger partial charge in [0.2, 0.25) is 0 Å². The number of hydrogen-bond acceptors (Lipinski definition) is 2. The van der Waals surface area contributed by atoms with Gasteiger partial charge < -0.3 is 0 Å². The van der Waals surface area contributed by atoms with Gasteiger partial charge in [0.1, 0.15) is 0 Å². The van der Waals surface area contributed by atoms with Gasteiger partial charge in [-0.2, -0.15) is 0 Å². The number of benzene rings is 2. The van der Waals surface area contributed by atoms with Crippen molar-refractivity contribution in [3.05, 3.63) is 70.0 Å². The van der Waals surface area contributed by atoms with Crippen molar-refractivity contribution >= 4 is 31.2 Å². The van der Waals surface area contributed by atoms with Crippen LogP contribution in [0.3, 0.4) is 0 Å². The van der Waals surface area contributed by atoms with Gasteiger partial charge in [0.25, 0.3) is 0 Å². The summed E-state index contributed by atoms with van der Waals surface area (Å²) in [6.45, 7) is 2.18. The maximum atomic E-state index is 9.44. The molecule has 0 aliphatic carbocycles. The van der Waals surface area contributed by atoms with Crippen LogP contribution in [0.5, 0.6) is 0 Å². The van der Waals surface area contributed by atoms with Crippen LogP contribution in [0.2, 0.25) is 0 Å². The molecule has 0 heterocycles. The Morgan fingerprint density at radius 3 is 2.42 bits per heavy atom. The Kier molecular flexibility index (Phi) is 5.74. The van der Waals surface area contributed by atoms with Crippen molar-refractivity contribution in [1.29, 1.82) is 0 Å². The summed E-state index contributed by atoms with van der Waals surface area (Å²) in [6, 6.07) is 18.8. The normalized spacial score (nSPS) is 11.6. The van der Waals surface area contributed by atoms with Crippen molar-refractivity contribution in [3.8, 4) is 0 Å². The van der Waals surface area contributed by atoms with Crippen molar-refractivity contribution in [2.75, 3.05) is 6.61 Å². The maximum absolute atomic E-state index is 9.44. The molecule has 0 atom stereocenters. The summed E-state index contributed by atoms with van der Waals surface area (Å²) in [5.74, 6) is 0. The minimum absolute atomic E-state index is 0.104. The fourth-order valence-corrected chi connectivity index (χ4v) is 4.10. The SMILES string of the molecule is Cc1ccc(S/C(=C\[Se]c2ccccc2)CO)cc1. The third-order valence-electron chi connectivity index (χ3n) is 2.50. The quantitative estimate of drug-likeness (QED) is 0.670. The number of aliphatic hydroxyl groups excluding tert-OH is 1. The van der Waals surface area contributed by atoms with Crippen molar-refractivity contribution in [2.45, 2.75) is 11.8 Å². The van der Waals surface area contributed by atoms with Crippen molar-refractivity contribution in [2.24, 2.45) is 0 Å². The zero-order chi connectivity index (χ0) is 13.5. The Bertz CT molecular complexity index is 534. The molecule has 0 unspecified atom stereocenters. The summed E-state index contributed by atoms with van der Waals surface area (Å²) in [6.07, 6.45) is 0. The second kappa shape index (κ2) is 7.56. The second-order valence-electron chi connectivity index (χ2n) is 4.09. The van der Waals surface area contributed by atoms with Crippen LogP contribution in [0.4, 0.5) is 0 Å². The average molecular weight is 335 g/mol. The van der Waals surface area contributed by atoms with Gasteiger partial charge in [-0.1, -0.05) is 0 Å². The zero-order valence-corrected chi connectivity index (χ0v) is 13.3. The third kappa shape index (κ3) is 4.88. The van der Waals surface area contributed by atoms with E-state index in [1.807, 2.05) is 6.07 Å². The first-order chi connectivity index (χ1) is 9.28. The van der Waals surface area contributed by atoms with Gasteiger partial charge in [0, 0.05) is 0 Å². The molecular formula is C16H16OSSe. The summed E-state index contributed by atoms with van der Waals surface area (Å²) < 4.78 is 1.32. The second-order valence-corrected chi connectivity index (χ2v) is 7.27. The fourth-order valence-electron chi connectivity index (χ4n) is 1.48. The molecule has 0 spiro atoms. The van der Waals surface area contributed by atoms with Crippen LogP contribution in [-0.4, -0.2) is 26.7 Å². The molecule has 0 aliphatic heterocycles. The molecule has 2 rings (SSSR count). The number of thioether (sulfide) groups is 1. The van der Waals surface area contributed by atoms with Gasteiger partial charge in [0.05, 0.1) is 0 Å². The van der Waals surface area contributed by atoms with Gasteiger partial charge in [-0.25, -0.2) is 0 Å². The number of aliphatic hydroxyl groups is 1. The third-order valence-corrected chi connectivity index (χ3v) is 5.84. The molecular weight excluding hydrogens is 319 g/mol. The molecule has 2 aromatic carbocycles. The molecule has 0 saturated heterocycles. The Morgan fingerprint density at radius 2 is 1.79 bits per heavy atom. The van der Waals surface area contributed by atoms with Gasteiger partial charge in [-0.05, 0) is 0 Å². The van der Waals surface area contributed by atoms with E-state index in [0.717, 1.165) is 4.91 Å². The zero-order valence-electron chi connectivity index (χ0n) is 10.7. The molecule has 0 aliphatic rings. The van der Waals surface area contributed by atoms with E-state index in [1.54, 1.807) is 11.8 Å². The molecule has 19 heavy (non-hydrogen) atoms. The van der Waals surface area contributed by atoms with Crippen LogP contribution in [0.25, 0.3) is 0 Å². The standard InChI is InChI=1S/C16H16OSSe/c1-13-7-9-14(10-8-13)18-15(11-17)12-19-16-5-3-2-4-6-16/h2-10,12,17H,11H2,1H3/b15-12-. The van der Waals surface area contributed by atoms with Crippen LogP contribution in [-0.2, 0) is 0 Å². The topological polar surface area (TPSA) is 20.2 Å². The molecule has 2 aromatic rings. The molecule has 0 saturated carbocycles. The van der Waals surface area contributed by atoms with Crippen molar-refractivity contribution in [3.63, 3.8) is 0 Å². The van der Waals surface area contributed by atoms with Crippen LogP contribution in [0, 0.1) is 6.92 Å². The van der Waals surface area contributed by atoms with Gasteiger partial charge in [0.15, 0.2) is 0 Å². The first kappa shape index (κ1) is 14.4. The summed E-state index contributed by atoms with van der Waals surface area (Å²) in [5, 5.41) is 9.44. The Hall–Kier alpha value is -0.991. The number of aryl methyl sites for hydroxylation is 1. The van der Waals surface area contributed by atoms with Crippen LogP contribution in [0.15, 0.2) is 69.4 Å². The van der Waals surface area contributed by atoms with E-state index >= 15 is 0 Å². The summed E-state index contributed by atoms with van der Waals surface area (Å²) in [4.78, 5) is 4.36. The van der Waals surface area contributed by atoms with Crippen LogP contribution in [0.1, 0.15) is 5.56 Å². The monoisotopic (exact) mass is 336 g/mol. The van der Waals surface area contributed by atoms with Crippen molar-refractivity contribution < 1.29 is 5.11 Å². The Balaban J connectivity index is 2.01. The summed E-state index contributed by atoms with van der Waals surface area (Å²) >= 11 is 1.92. The molecule has 1 N–H and O–H groups in total. The molecule has 3 heteroatoms. The molecule has 0 fully saturated rings. The molecule has 0 aromatic heterocycles. The molecule has 98 valence electrons. The fraction of sp³-hybridized carbons (Fsp3) is 0.125. The number of hydrogen-bond donors (Lipinski definition) is 1. The van der Waals surface area contributed by atoms with Gasteiger partial charge in [-0.15, -0.1) is 0 Å². The van der Waals surface area contributed by atoms with E-state index in [0.29, 0.717) is 0 Å². The van der Waals surface area contributed by atoms with E-state index in [-0.39, 0.29) is 21.6 Å². The van der Waals surface area contributed by atoms with E-state index in [1.165, 1.54) is 14.9 Å². The molecule has 0 bridgehead atoms. The predicted octanol–water partition coefficient (Wildman–Crippen LogP) is 2.95. The van der Waals surface area contributed by atoms with Gasteiger partial charge >= 0.3 is 125 Å². The summed E-state index contributed by atoms with van der Waals surface area (Å²) in [7, 11) is 0. The predicted molar refractivity (Wildman–Crippen MR) is 84.0 cm³/mol. The Morgan fingerprint density at radius 1 is 1.11 bits per heavy atom.